The van der Waals surface area contributed by atoms with E-state index in [2.05, 4.69) is 36.4 Å². The first-order valence-corrected chi connectivity index (χ1v) is 11.2. The Kier molecular flexibility index (Phi) is 5.84. The minimum atomic E-state index is -0.317. The van der Waals surface area contributed by atoms with Crippen LogP contribution in [0.1, 0.15) is 61.1 Å². The molecule has 1 unspecified atom stereocenters. The maximum absolute atomic E-state index is 12.3. The molecule has 28 heavy (non-hydrogen) atoms. The number of methoxy groups -OCH3 is 1. The predicted octanol–water partition coefficient (Wildman–Crippen LogP) is 6.83. The van der Waals surface area contributed by atoms with E-state index in [1.54, 1.807) is 11.8 Å². The van der Waals surface area contributed by atoms with Crippen molar-refractivity contribution in [2.45, 2.75) is 49.2 Å². The lowest BCUT2D eigenvalue weighted by molar-refractivity contribution is -0.135. The van der Waals surface area contributed by atoms with Crippen molar-refractivity contribution in [3.63, 3.8) is 0 Å². The van der Waals surface area contributed by atoms with Crippen LogP contribution in [0.4, 0.5) is 0 Å². The summed E-state index contributed by atoms with van der Waals surface area (Å²) < 4.78 is 4.70. The molecule has 1 saturated carbocycles. The molecular weight excluding hydrogens is 388 g/mol. The average Bonchev–Trinajstić information content (AvgIpc) is 3.21. The highest BCUT2D eigenvalue weighted by Gasteiger charge is 2.43. The van der Waals surface area contributed by atoms with Gasteiger partial charge >= 0.3 is 5.97 Å². The SMILES string of the molecule is COC(=O)C1=CCC(c2ccc(Cl)cc2)(c2ccccc2C2CCCCC2)S1. The summed E-state index contributed by atoms with van der Waals surface area (Å²) in [5.41, 5.74) is 3.94. The van der Waals surface area contributed by atoms with Crippen molar-refractivity contribution >= 4 is 29.3 Å². The topological polar surface area (TPSA) is 26.3 Å². The third-order valence-corrected chi connectivity index (χ3v) is 7.77. The van der Waals surface area contributed by atoms with Crippen LogP contribution in [0.25, 0.3) is 0 Å². The Balaban J connectivity index is 1.82. The van der Waals surface area contributed by atoms with Crippen LogP contribution in [-0.4, -0.2) is 13.1 Å². The van der Waals surface area contributed by atoms with E-state index in [0.717, 1.165) is 11.4 Å². The minimum absolute atomic E-state index is 0.254. The first-order chi connectivity index (χ1) is 13.6. The van der Waals surface area contributed by atoms with Crippen LogP contribution >= 0.6 is 23.4 Å². The standard InChI is InChI=1S/C24H25ClO2S/c1-27-23(26)22-15-16-24(28-22,18-11-13-19(25)14-12-18)21-10-6-5-9-20(21)17-7-3-2-4-8-17/h5-6,9-15,17H,2-4,7-8,16H2,1H3. The molecule has 1 heterocycles. The number of hydrogen-bond donors (Lipinski definition) is 0. The number of hydrogen-bond acceptors (Lipinski definition) is 3. The molecule has 0 amide bonds. The second-order valence-electron chi connectivity index (χ2n) is 7.62. The highest BCUT2D eigenvalue weighted by molar-refractivity contribution is 8.05. The third-order valence-electron chi connectivity index (χ3n) is 6.00. The number of carbonyl (C=O) groups excluding carboxylic acids is 1. The van der Waals surface area contributed by atoms with E-state index < -0.39 is 0 Å². The summed E-state index contributed by atoms with van der Waals surface area (Å²) in [6, 6.07) is 16.9. The monoisotopic (exact) mass is 412 g/mol. The molecule has 0 radical (unpaired) electrons. The Morgan fingerprint density at radius 2 is 1.79 bits per heavy atom. The van der Waals surface area contributed by atoms with Gasteiger partial charge in [0, 0.05) is 5.02 Å². The fraction of sp³-hybridized carbons (Fsp3) is 0.375. The van der Waals surface area contributed by atoms with Crippen molar-refractivity contribution in [1.82, 2.24) is 0 Å². The van der Waals surface area contributed by atoms with Gasteiger partial charge in [-0.05, 0) is 54.0 Å². The molecule has 0 saturated heterocycles. The number of benzene rings is 2. The molecule has 0 bridgehead atoms. The average molecular weight is 413 g/mol. The van der Waals surface area contributed by atoms with Gasteiger partial charge in [-0.2, -0.15) is 0 Å². The molecule has 0 spiro atoms. The first kappa shape index (κ1) is 19.6. The van der Waals surface area contributed by atoms with Gasteiger partial charge in [-0.15, -0.1) is 11.8 Å². The van der Waals surface area contributed by atoms with Gasteiger partial charge in [0.05, 0.1) is 16.8 Å². The molecule has 2 aliphatic rings. The maximum atomic E-state index is 12.3. The lowest BCUT2D eigenvalue weighted by Gasteiger charge is -2.35. The van der Waals surface area contributed by atoms with E-state index in [1.165, 1.54) is 55.9 Å². The molecule has 4 heteroatoms. The minimum Gasteiger partial charge on any atom is -0.465 e. The van der Waals surface area contributed by atoms with E-state index in [9.17, 15) is 4.79 Å². The molecule has 2 aromatic rings. The van der Waals surface area contributed by atoms with E-state index >= 15 is 0 Å². The smallest absolute Gasteiger partial charge is 0.344 e. The lowest BCUT2D eigenvalue weighted by Crippen LogP contribution is -2.24. The van der Waals surface area contributed by atoms with Gasteiger partial charge in [-0.25, -0.2) is 4.79 Å². The molecular formula is C24H25ClO2S. The number of ether oxygens (including phenoxy) is 1. The Morgan fingerprint density at radius 3 is 2.50 bits per heavy atom. The van der Waals surface area contributed by atoms with Crippen molar-refractivity contribution in [2.75, 3.05) is 7.11 Å². The van der Waals surface area contributed by atoms with Crippen LogP contribution in [0.3, 0.4) is 0 Å². The maximum Gasteiger partial charge on any atom is 0.344 e. The van der Waals surface area contributed by atoms with E-state index in [0.29, 0.717) is 10.8 Å². The molecule has 0 N–H and O–H groups in total. The van der Waals surface area contributed by atoms with Crippen molar-refractivity contribution in [2.24, 2.45) is 0 Å². The van der Waals surface area contributed by atoms with Gasteiger partial charge in [0.2, 0.25) is 0 Å². The van der Waals surface area contributed by atoms with Gasteiger partial charge in [-0.3, -0.25) is 0 Å². The Morgan fingerprint density at radius 1 is 1.07 bits per heavy atom. The molecule has 146 valence electrons. The van der Waals surface area contributed by atoms with Crippen LogP contribution in [0.2, 0.25) is 5.02 Å². The van der Waals surface area contributed by atoms with Crippen LogP contribution < -0.4 is 0 Å². The van der Waals surface area contributed by atoms with Gasteiger partial charge in [0.1, 0.15) is 0 Å². The number of allylic oxidation sites excluding steroid dienone is 1. The van der Waals surface area contributed by atoms with E-state index in [1.807, 2.05) is 18.2 Å². The van der Waals surface area contributed by atoms with Crippen LogP contribution in [0, 0.1) is 0 Å². The molecule has 1 atom stereocenters. The Labute approximate surface area is 176 Å². The summed E-state index contributed by atoms with van der Waals surface area (Å²) in [5.74, 6) is 0.341. The quantitative estimate of drug-likeness (QED) is 0.515. The summed E-state index contributed by atoms with van der Waals surface area (Å²) in [7, 11) is 1.45. The summed E-state index contributed by atoms with van der Waals surface area (Å²) in [6.45, 7) is 0. The molecule has 1 aliphatic carbocycles. The number of thioether (sulfide) groups is 1. The number of esters is 1. The third kappa shape index (κ3) is 3.62. The van der Waals surface area contributed by atoms with Gasteiger partial charge in [0.15, 0.2) is 0 Å². The number of halogens is 1. The van der Waals surface area contributed by atoms with E-state index in [-0.39, 0.29) is 10.7 Å². The Bertz CT molecular complexity index is 884. The van der Waals surface area contributed by atoms with Crippen LogP contribution in [0.15, 0.2) is 59.5 Å². The summed E-state index contributed by atoms with van der Waals surface area (Å²) >= 11 is 7.79. The number of rotatable bonds is 4. The van der Waals surface area contributed by atoms with Gasteiger partial charge in [-0.1, -0.05) is 73.3 Å². The molecule has 1 aliphatic heterocycles. The van der Waals surface area contributed by atoms with E-state index in [4.69, 9.17) is 16.3 Å². The molecule has 2 nitrogen and oxygen atoms in total. The second kappa shape index (κ2) is 8.34. The molecule has 0 aromatic heterocycles. The van der Waals surface area contributed by atoms with Crippen molar-refractivity contribution in [3.05, 3.63) is 81.2 Å². The van der Waals surface area contributed by atoms with Gasteiger partial charge in [0.25, 0.3) is 0 Å². The summed E-state index contributed by atoms with van der Waals surface area (Å²) in [6.07, 6.45) is 9.23. The fourth-order valence-electron chi connectivity index (χ4n) is 4.58. The van der Waals surface area contributed by atoms with Gasteiger partial charge < -0.3 is 4.74 Å². The zero-order valence-corrected chi connectivity index (χ0v) is 17.7. The number of carbonyl (C=O) groups is 1. The summed E-state index contributed by atoms with van der Waals surface area (Å²) in [4.78, 5) is 13.0. The van der Waals surface area contributed by atoms with Crippen molar-refractivity contribution in [1.29, 1.82) is 0 Å². The first-order valence-electron chi connectivity index (χ1n) is 9.97. The zero-order chi connectivity index (χ0) is 19.6. The van der Waals surface area contributed by atoms with Crippen LogP contribution in [-0.2, 0) is 14.3 Å². The zero-order valence-electron chi connectivity index (χ0n) is 16.1. The normalized spacial score (nSPS) is 22.7. The van der Waals surface area contributed by atoms with Crippen LogP contribution in [0.5, 0.6) is 0 Å². The van der Waals surface area contributed by atoms with Crippen molar-refractivity contribution < 1.29 is 9.53 Å². The fourth-order valence-corrected chi connectivity index (χ4v) is 6.13. The van der Waals surface area contributed by atoms with Crippen molar-refractivity contribution in [3.8, 4) is 0 Å². The Hall–Kier alpha value is -1.71. The predicted molar refractivity (Wildman–Crippen MR) is 117 cm³/mol. The lowest BCUT2D eigenvalue weighted by atomic mass is 9.77. The second-order valence-corrected chi connectivity index (χ2v) is 9.40. The largest absolute Gasteiger partial charge is 0.465 e. The molecule has 2 aromatic carbocycles. The molecule has 4 rings (SSSR count). The summed E-state index contributed by atoms with van der Waals surface area (Å²) in [5, 5.41) is 0.726. The molecule has 1 fully saturated rings. The highest BCUT2D eigenvalue weighted by Crippen LogP contribution is 2.56. The highest BCUT2D eigenvalue weighted by atomic mass is 35.5.